The highest BCUT2D eigenvalue weighted by Gasteiger charge is 2.15. The maximum absolute atomic E-state index is 9.00. The van der Waals surface area contributed by atoms with Crippen molar-refractivity contribution in [2.24, 2.45) is 0 Å². The minimum atomic E-state index is 0.319. The highest BCUT2D eigenvalue weighted by molar-refractivity contribution is 5.79. The van der Waals surface area contributed by atoms with Gasteiger partial charge in [-0.25, -0.2) is 4.98 Å². The summed E-state index contributed by atoms with van der Waals surface area (Å²) in [6.45, 7) is 1.64. The molecule has 1 aromatic heterocycles. The van der Waals surface area contributed by atoms with Crippen molar-refractivity contribution < 1.29 is 4.74 Å². The van der Waals surface area contributed by atoms with Gasteiger partial charge in [0, 0.05) is 13.2 Å². The van der Waals surface area contributed by atoms with Gasteiger partial charge in [-0.05, 0) is 43.9 Å². The van der Waals surface area contributed by atoms with Crippen molar-refractivity contribution in [1.29, 1.82) is 5.26 Å². The van der Waals surface area contributed by atoms with E-state index in [-0.39, 0.29) is 0 Å². The number of nitrogens with two attached hydrogens (primary N) is 1. The minimum Gasteiger partial charge on any atom is -0.378 e. The van der Waals surface area contributed by atoms with Crippen LogP contribution in [-0.2, 0) is 11.3 Å². The molecule has 1 aliphatic rings. The molecule has 3 rings (SSSR count). The summed E-state index contributed by atoms with van der Waals surface area (Å²) in [4.78, 5) is 4.34. The van der Waals surface area contributed by atoms with Crippen molar-refractivity contribution in [1.82, 2.24) is 9.55 Å². The fourth-order valence-corrected chi connectivity index (χ4v) is 2.75. The lowest BCUT2D eigenvalue weighted by molar-refractivity contribution is 0.00906. The number of rotatable bonds is 3. The molecule has 5 heteroatoms. The van der Waals surface area contributed by atoms with Gasteiger partial charge >= 0.3 is 0 Å². The van der Waals surface area contributed by atoms with E-state index in [1.165, 1.54) is 6.42 Å². The maximum Gasteiger partial charge on any atom is 0.201 e. The topological polar surface area (TPSA) is 76.9 Å². The Kier molecular flexibility index (Phi) is 3.57. The largest absolute Gasteiger partial charge is 0.378 e. The standard InChI is InChI=1S/C15H18N4O/c16-10-11-4-5-13-14(9-11)19(15(17)18-13)7-6-12-3-1-2-8-20-12/h4-5,9,12H,1-3,6-8H2,(H2,17,18). The average Bonchev–Trinajstić information content (AvgIpc) is 2.80. The fraction of sp³-hybridized carbons (Fsp3) is 0.467. The highest BCUT2D eigenvalue weighted by Crippen LogP contribution is 2.22. The summed E-state index contributed by atoms with van der Waals surface area (Å²) in [5.74, 6) is 0.505. The zero-order valence-electron chi connectivity index (χ0n) is 11.4. The number of nitriles is 1. The summed E-state index contributed by atoms with van der Waals surface area (Å²) in [5.41, 5.74) is 8.39. The lowest BCUT2D eigenvalue weighted by Crippen LogP contribution is -2.21. The van der Waals surface area contributed by atoms with Crippen molar-refractivity contribution in [2.45, 2.75) is 38.3 Å². The number of anilines is 1. The van der Waals surface area contributed by atoms with Crippen molar-refractivity contribution >= 4 is 17.0 Å². The SMILES string of the molecule is N#Cc1ccc2nc(N)n(CCC3CCCCO3)c2c1. The van der Waals surface area contributed by atoms with E-state index in [0.29, 0.717) is 17.6 Å². The molecule has 0 bridgehead atoms. The van der Waals surface area contributed by atoms with E-state index < -0.39 is 0 Å². The Morgan fingerprint density at radius 1 is 1.45 bits per heavy atom. The second-order valence-electron chi connectivity index (χ2n) is 5.21. The van der Waals surface area contributed by atoms with Crippen LogP contribution in [0.4, 0.5) is 5.95 Å². The average molecular weight is 270 g/mol. The third kappa shape index (κ3) is 2.47. The molecular formula is C15H18N4O. The molecule has 1 saturated heterocycles. The Morgan fingerprint density at radius 2 is 2.35 bits per heavy atom. The number of nitrogen functional groups attached to an aromatic ring is 1. The number of benzene rings is 1. The van der Waals surface area contributed by atoms with Gasteiger partial charge < -0.3 is 15.0 Å². The molecule has 0 radical (unpaired) electrons. The first-order valence-electron chi connectivity index (χ1n) is 7.05. The normalized spacial score (nSPS) is 19.1. The third-order valence-electron chi connectivity index (χ3n) is 3.86. The van der Waals surface area contributed by atoms with Gasteiger partial charge in [-0.15, -0.1) is 0 Å². The number of fused-ring (bicyclic) bond motifs is 1. The first kappa shape index (κ1) is 12.9. The van der Waals surface area contributed by atoms with E-state index in [9.17, 15) is 0 Å². The van der Waals surface area contributed by atoms with E-state index >= 15 is 0 Å². The summed E-state index contributed by atoms with van der Waals surface area (Å²) in [7, 11) is 0. The molecule has 0 saturated carbocycles. The first-order chi connectivity index (χ1) is 9.78. The maximum atomic E-state index is 9.00. The van der Waals surface area contributed by atoms with Gasteiger partial charge in [-0.3, -0.25) is 0 Å². The second kappa shape index (κ2) is 5.51. The molecule has 0 spiro atoms. The number of ether oxygens (including phenoxy) is 1. The van der Waals surface area contributed by atoms with Crippen LogP contribution in [0.25, 0.3) is 11.0 Å². The van der Waals surface area contributed by atoms with E-state index in [2.05, 4.69) is 11.1 Å². The molecule has 1 fully saturated rings. The minimum absolute atomic E-state index is 0.319. The molecule has 1 aliphatic heterocycles. The van der Waals surface area contributed by atoms with Crippen LogP contribution in [0.15, 0.2) is 18.2 Å². The molecule has 1 unspecified atom stereocenters. The molecule has 1 atom stereocenters. The molecule has 2 heterocycles. The summed E-state index contributed by atoms with van der Waals surface area (Å²) < 4.78 is 7.73. The predicted octanol–water partition coefficient (Wildman–Crippen LogP) is 2.45. The van der Waals surface area contributed by atoms with Gasteiger partial charge in [-0.2, -0.15) is 5.26 Å². The van der Waals surface area contributed by atoms with Crippen LogP contribution in [0.1, 0.15) is 31.2 Å². The van der Waals surface area contributed by atoms with E-state index in [4.69, 9.17) is 15.7 Å². The number of aromatic nitrogens is 2. The Bertz CT molecular complexity index is 650. The molecule has 1 aromatic carbocycles. The Morgan fingerprint density at radius 3 is 3.10 bits per heavy atom. The van der Waals surface area contributed by atoms with Crippen molar-refractivity contribution in [2.75, 3.05) is 12.3 Å². The van der Waals surface area contributed by atoms with Gasteiger partial charge in [0.1, 0.15) is 0 Å². The second-order valence-corrected chi connectivity index (χ2v) is 5.21. The zero-order valence-corrected chi connectivity index (χ0v) is 11.4. The van der Waals surface area contributed by atoms with Crippen LogP contribution in [0, 0.1) is 11.3 Å². The monoisotopic (exact) mass is 270 g/mol. The van der Waals surface area contributed by atoms with Crippen molar-refractivity contribution in [3.05, 3.63) is 23.8 Å². The molecule has 0 amide bonds. The smallest absolute Gasteiger partial charge is 0.201 e. The summed E-state index contributed by atoms with van der Waals surface area (Å²) in [6, 6.07) is 7.61. The quantitative estimate of drug-likeness (QED) is 0.929. The summed E-state index contributed by atoms with van der Waals surface area (Å²) in [6.07, 6.45) is 4.78. The number of hydrogen-bond donors (Lipinski definition) is 1. The highest BCUT2D eigenvalue weighted by atomic mass is 16.5. The van der Waals surface area contributed by atoms with Crippen LogP contribution < -0.4 is 5.73 Å². The Balaban J connectivity index is 1.82. The Hall–Kier alpha value is -2.06. The Labute approximate surface area is 118 Å². The van der Waals surface area contributed by atoms with E-state index in [0.717, 1.165) is 43.4 Å². The van der Waals surface area contributed by atoms with Gasteiger partial charge in [-0.1, -0.05) is 0 Å². The molecule has 2 N–H and O–H groups in total. The zero-order chi connectivity index (χ0) is 13.9. The van der Waals surface area contributed by atoms with Crippen LogP contribution in [0.5, 0.6) is 0 Å². The molecule has 0 aliphatic carbocycles. The van der Waals surface area contributed by atoms with Gasteiger partial charge in [0.05, 0.1) is 28.8 Å². The number of aryl methyl sites for hydroxylation is 1. The summed E-state index contributed by atoms with van der Waals surface area (Å²) in [5, 5.41) is 9.00. The van der Waals surface area contributed by atoms with Crippen LogP contribution >= 0.6 is 0 Å². The van der Waals surface area contributed by atoms with Gasteiger partial charge in [0.15, 0.2) is 0 Å². The van der Waals surface area contributed by atoms with Crippen molar-refractivity contribution in [3.63, 3.8) is 0 Å². The van der Waals surface area contributed by atoms with Gasteiger partial charge in [0.2, 0.25) is 5.95 Å². The molecule has 5 nitrogen and oxygen atoms in total. The predicted molar refractivity (Wildman–Crippen MR) is 77.1 cm³/mol. The molecular weight excluding hydrogens is 252 g/mol. The summed E-state index contributed by atoms with van der Waals surface area (Å²) >= 11 is 0. The first-order valence-corrected chi connectivity index (χ1v) is 7.05. The fourth-order valence-electron chi connectivity index (χ4n) is 2.75. The van der Waals surface area contributed by atoms with Gasteiger partial charge in [0.25, 0.3) is 0 Å². The lowest BCUT2D eigenvalue weighted by atomic mass is 10.1. The number of nitrogens with zero attached hydrogens (tertiary/aromatic N) is 3. The molecule has 20 heavy (non-hydrogen) atoms. The molecule has 104 valence electrons. The number of imidazole rings is 1. The molecule has 2 aromatic rings. The van der Waals surface area contributed by atoms with E-state index in [1.54, 1.807) is 6.07 Å². The lowest BCUT2D eigenvalue weighted by Gasteiger charge is -2.22. The van der Waals surface area contributed by atoms with Crippen LogP contribution in [0.3, 0.4) is 0 Å². The van der Waals surface area contributed by atoms with Crippen LogP contribution in [0.2, 0.25) is 0 Å². The van der Waals surface area contributed by atoms with E-state index in [1.807, 2.05) is 16.7 Å². The van der Waals surface area contributed by atoms with Crippen molar-refractivity contribution in [3.8, 4) is 6.07 Å². The number of hydrogen-bond acceptors (Lipinski definition) is 4. The van der Waals surface area contributed by atoms with Crippen LogP contribution in [-0.4, -0.2) is 22.3 Å². The third-order valence-corrected chi connectivity index (χ3v) is 3.86.